The second-order valence-corrected chi connectivity index (χ2v) is 15.8. The molecule has 3 atom stereocenters. The minimum atomic E-state index is -0.856. The van der Waals surface area contributed by atoms with Gasteiger partial charge in [0, 0.05) is 44.8 Å². The third kappa shape index (κ3) is 18.5. The molecule has 2 unspecified atom stereocenters. The highest BCUT2D eigenvalue weighted by Crippen LogP contribution is 2.12. The molecule has 66 heavy (non-hydrogen) atoms. The number of anilines is 2. The van der Waals surface area contributed by atoms with Gasteiger partial charge in [-0.15, -0.1) is 0 Å². The maximum absolute atomic E-state index is 12.5. The third-order valence-corrected chi connectivity index (χ3v) is 9.27. The van der Waals surface area contributed by atoms with E-state index in [1.54, 1.807) is 111 Å². The van der Waals surface area contributed by atoms with Gasteiger partial charge in [0.15, 0.2) is 0 Å². The lowest BCUT2D eigenvalue weighted by Gasteiger charge is -2.21. The van der Waals surface area contributed by atoms with Crippen LogP contribution in [0.3, 0.4) is 0 Å². The second-order valence-electron chi connectivity index (χ2n) is 15.8. The van der Waals surface area contributed by atoms with Crippen LogP contribution in [0.2, 0.25) is 0 Å². The molecule has 0 saturated carbocycles. The van der Waals surface area contributed by atoms with E-state index in [2.05, 4.69) is 68.8 Å². The Balaban J connectivity index is 0.000000356. The standard InChI is InChI=1S/C28H32N4O4.C24H25N3O3/c1-18(2)17-24(29)27(34)30-23-15-11-21(12-16-23)8-6-5-7-20-9-13-22(14-10-20)26(33)31-25(19(3)4)28(35)32-36;1-4-30-27-24(29)22(17(2)3)26-23(28)20-13-9-18(10-14-20)7-5-6-8-19-11-15-21(25)16-12-19/h9-16,18-19,24-25,36H,17,29H2,1-4H3,(H,30,34)(H,31,33)(H,32,35);9-17,22H,4,25H2,1-3H3,(H,26,28)(H,27,29)/t24-,25?;/m0./s1. The Hall–Kier alpha value is -7.85. The van der Waals surface area contributed by atoms with Crippen molar-refractivity contribution in [3.8, 4) is 47.4 Å². The molecule has 10 N–H and O–H groups in total. The minimum Gasteiger partial charge on any atom is -0.399 e. The molecule has 342 valence electrons. The maximum Gasteiger partial charge on any atom is 0.266 e. The first-order valence-corrected chi connectivity index (χ1v) is 21.2. The largest absolute Gasteiger partial charge is 0.399 e. The van der Waals surface area contributed by atoms with Crippen molar-refractivity contribution < 1.29 is 34.0 Å². The molecule has 0 radical (unpaired) electrons. The summed E-state index contributed by atoms with van der Waals surface area (Å²) in [7, 11) is 0. The molecule has 0 aliphatic rings. The maximum atomic E-state index is 12.5. The Bertz CT molecular complexity index is 2530. The zero-order chi connectivity index (χ0) is 48.6. The summed E-state index contributed by atoms with van der Waals surface area (Å²) >= 11 is 0. The van der Waals surface area contributed by atoms with Gasteiger partial charge >= 0.3 is 0 Å². The molecule has 0 fully saturated rings. The first-order valence-electron chi connectivity index (χ1n) is 21.2. The number of hydrogen-bond acceptors (Lipinski definition) is 9. The van der Waals surface area contributed by atoms with E-state index in [4.69, 9.17) is 21.5 Å². The van der Waals surface area contributed by atoms with Gasteiger partial charge in [0.1, 0.15) is 12.1 Å². The monoisotopic (exact) mass is 891 g/mol. The quantitative estimate of drug-likeness (QED) is 0.0362. The summed E-state index contributed by atoms with van der Waals surface area (Å²) in [4.78, 5) is 65.8. The minimum absolute atomic E-state index is 0.0980. The smallest absolute Gasteiger partial charge is 0.266 e. The van der Waals surface area contributed by atoms with Crippen molar-refractivity contribution in [3.63, 3.8) is 0 Å². The van der Waals surface area contributed by atoms with E-state index < -0.39 is 29.9 Å². The van der Waals surface area contributed by atoms with Crippen LogP contribution < -0.4 is 38.4 Å². The van der Waals surface area contributed by atoms with Crippen LogP contribution in [-0.4, -0.2) is 59.5 Å². The molecule has 4 rings (SSSR count). The number of benzene rings is 4. The third-order valence-electron chi connectivity index (χ3n) is 9.27. The predicted molar refractivity (Wildman–Crippen MR) is 256 cm³/mol. The fourth-order valence-electron chi connectivity index (χ4n) is 5.67. The first kappa shape index (κ1) is 52.5. The highest BCUT2D eigenvalue weighted by Gasteiger charge is 2.26. The van der Waals surface area contributed by atoms with E-state index in [1.807, 2.05) is 39.8 Å². The average molecular weight is 892 g/mol. The fraction of sp³-hybridized carbons (Fsp3) is 0.288. The SMILES string of the molecule is CC(C)C[C@H](N)C(=O)Nc1ccc(C#CC#Cc2ccc(C(=O)NC(C(=O)NO)C(C)C)cc2)cc1.CCONC(=O)C(NC(=O)c1ccc(C#CC#Cc2ccc(N)cc2)cc1)C(C)C. The summed E-state index contributed by atoms with van der Waals surface area (Å²) < 4.78 is 0. The highest BCUT2D eigenvalue weighted by molar-refractivity contribution is 5.98. The molecule has 0 heterocycles. The highest BCUT2D eigenvalue weighted by atomic mass is 16.6. The van der Waals surface area contributed by atoms with Crippen molar-refractivity contribution >= 4 is 40.9 Å². The second kappa shape index (κ2) is 27.4. The van der Waals surface area contributed by atoms with Gasteiger partial charge in [-0.25, -0.2) is 11.0 Å². The van der Waals surface area contributed by atoms with E-state index in [1.165, 1.54) is 0 Å². The van der Waals surface area contributed by atoms with Crippen LogP contribution in [0, 0.1) is 65.1 Å². The van der Waals surface area contributed by atoms with Crippen molar-refractivity contribution in [1.82, 2.24) is 21.6 Å². The Morgan fingerprint density at radius 2 is 0.955 bits per heavy atom. The Morgan fingerprint density at radius 1 is 0.576 bits per heavy atom. The molecule has 0 aliphatic heterocycles. The number of amides is 5. The summed E-state index contributed by atoms with van der Waals surface area (Å²) in [5.41, 5.74) is 20.5. The van der Waals surface area contributed by atoms with E-state index in [-0.39, 0.29) is 29.6 Å². The first-order chi connectivity index (χ1) is 31.5. The van der Waals surface area contributed by atoms with E-state index >= 15 is 0 Å². The van der Waals surface area contributed by atoms with E-state index in [9.17, 15) is 24.0 Å². The molecule has 4 aromatic carbocycles. The van der Waals surface area contributed by atoms with Gasteiger partial charge < -0.3 is 27.4 Å². The summed E-state index contributed by atoms with van der Waals surface area (Å²) in [5, 5.41) is 17.0. The lowest BCUT2D eigenvalue weighted by molar-refractivity contribution is -0.136. The summed E-state index contributed by atoms with van der Waals surface area (Å²) in [5.74, 6) is 20.8. The Morgan fingerprint density at radius 3 is 1.32 bits per heavy atom. The van der Waals surface area contributed by atoms with Gasteiger partial charge in [-0.05, 0) is 152 Å². The zero-order valence-corrected chi connectivity index (χ0v) is 38.2. The van der Waals surface area contributed by atoms with Crippen LogP contribution in [0.25, 0.3) is 0 Å². The van der Waals surface area contributed by atoms with Gasteiger partial charge in [0.25, 0.3) is 23.6 Å². The molecule has 0 bridgehead atoms. The van der Waals surface area contributed by atoms with E-state index in [0.717, 1.165) is 16.7 Å². The lowest BCUT2D eigenvalue weighted by Crippen LogP contribution is -2.49. The topological polar surface area (TPSA) is 227 Å². The number of nitrogens with one attached hydrogen (secondary N) is 5. The summed E-state index contributed by atoms with van der Waals surface area (Å²) in [6.07, 6.45) is 0.617. The van der Waals surface area contributed by atoms with Crippen LogP contribution in [-0.2, 0) is 19.2 Å². The molecule has 0 saturated heterocycles. The zero-order valence-electron chi connectivity index (χ0n) is 38.2. The van der Waals surface area contributed by atoms with Crippen LogP contribution in [0.4, 0.5) is 11.4 Å². The normalized spacial score (nSPS) is 11.4. The van der Waals surface area contributed by atoms with Gasteiger partial charge in [-0.2, -0.15) is 0 Å². The summed E-state index contributed by atoms with van der Waals surface area (Å²) in [6.45, 7) is 13.4. The molecule has 4 aromatic rings. The number of rotatable bonds is 14. The Labute approximate surface area is 387 Å². The number of nitrogen functional groups attached to an aromatic ring is 1. The Kier molecular flexibility index (Phi) is 21.8. The molecular formula is C52H57N7O7. The molecular weight excluding hydrogens is 835 g/mol. The van der Waals surface area contributed by atoms with Gasteiger partial charge in [-0.3, -0.25) is 34.0 Å². The molecule has 14 heteroatoms. The van der Waals surface area contributed by atoms with Crippen LogP contribution in [0.5, 0.6) is 0 Å². The van der Waals surface area contributed by atoms with Crippen molar-refractivity contribution in [2.75, 3.05) is 17.7 Å². The molecule has 0 spiro atoms. The molecule has 0 aromatic heterocycles. The van der Waals surface area contributed by atoms with Crippen LogP contribution >= 0.6 is 0 Å². The molecule has 14 nitrogen and oxygen atoms in total. The number of hydrogen-bond donors (Lipinski definition) is 8. The molecule has 5 amide bonds. The average Bonchev–Trinajstić information content (AvgIpc) is 3.30. The van der Waals surface area contributed by atoms with Gasteiger partial charge in [-0.1, -0.05) is 65.2 Å². The lowest BCUT2D eigenvalue weighted by atomic mass is 10.0. The summed E-state index contributed by atoms with van der Waals surface area (Å²) in [6, 6.07) is 25.6. The van der Waals surface area contributed by atoms with E-state index in [0.29, 0.717) is 47.0 Å². The van der Waals surface area contributed by atoms with Gasteiger partial charge in [0.2, 0.25) is 5.91 Å². The predicted octanol–water partition coefficient (Wildman–Crippen LogP) is 5.16. The van der Waals surface area contributed by atoms with Crippen LogP contribution in [0.1, 0.15) is 97.9 Å². The van der Waals surface area contributed by atoms with Crippen molar-refractivity contribution in [2.45, 2.75) is 73.0 Å². The van der Waals surface area contributed by atoms with Crippen molar-refractivity contribution in [3.05, 3.63) is 130 Å². The number of hydroxylamine groups is 2. The van der Waals surface area contributed by atoms with Crippen molar-refractivity contribution in [2.24, 2.45) is 23.5 Å². The number of carbonyl (C=O) groups excluding carboxylic acids is 5. The fourth-order valence-corrected chi connectivity index (χ4v) is 5.67. The van der Waals surface area contributed by atoms with Crippen LogP contribution in [0.15, 0.2) is 97.1 Å². The number of nitrogens with two attached hydrogens (primary N) is 2. The number of carbonyl (C=O) groups is 5. The molecule has 0 aliphatic carbocycles. The van der Waals surface area contributed by atoms with Crippen molar-refractivity contribution in [1.29, 1.82) is 0 Å². The van der Waals surface area contributed by atoms with Gasteiger partial charge in [0.05, 0.1) is 12.6 Å².